The summed E-state index contributed by atoms with van der Waals surface area (Å²) in [6.07, 6.45) is -0.715. The number of carboxylic acids is 1. The number of nitrogens with zero attached hydrogens (tertiary/aromatic N) is 3. The van der Waals surface area contributed by atoms with Crippen molar-refractivity contribution in [1.29, 1.82) is 0 Å². The van der Waals surface area contributed by atoms with E-state index in [4.69, 9.17) is 19.4 Å². The van der Waals surface area contributed by atoms with E-state index in [1.54, 1.807) is 6.20 Å². The number of carbonyl (C=O) groups is 2. The van der Waals surface area contributed by atoms with E-state index in [0.29, 0.717) is 24.7 Å². The van der Waals surface area contributed by atoms with Crippen molar-refractivity contribution in [2.45, 2.75) is 44.1 Å². The molecule has 0 bridgehead atoms. The van der Waals surface area contributed by atoms with Crippen molar-refractivity contribution in [3.05, 3.63) is 40.5 Å². The van der Waals surface area contributed by atoms with Gasteiger partial charge in [0.25, 0.3) is 5.91 Å². The van der Waals surface area contributed by atoms with Crippen LogP contribution in [0.1, 0.15) is 34.8 Å². The molecule has 2 aliphatic rings. The third-order valence-corrected chi connectivity index (χ3v) is 5.78. The number of halogens is 3. The molecule has 1 N–H and O–H groups in total. The Bertz CT molecular complexity index is 940. The second-order valence-corrected chi connectivity index (χ2v) is 8.55. The average molecular weight is 473 g/mol. The molecule has 2 aliphatic heterocycles. The summed E-state index contributed by atoms with van der Waals surface area (Å²) in [7, 11) is 0. The van der Waals surface area contributed by atoms with Crippen LogP contribution in [0.5, 0.6) is 5.88 Å². The molecule has 2 aromatic heterocycles. The molecule has 2 saturated heterocycles. The minimum atomic E-state index is -5.08. The van der Waals surface area contributed by atoms with Crippen LogP contribution >= 0.6 is 11.3 Å². The number of amides is 1. The number of carboxylic acid groups (broad SMARTS) is 1. The van der Waals surface area contributed by atoms with Crippen LogP contribution in [0.4, 0.5) is 13.2 Å². The number of piperidine rings is 1. The number of likely N-dealkylation sites (tertiary alicyclic amines) is 1. The third kappa shape index (κ3) is 6.16. The first-order chi connectivity index (χ1) is 15.1. The van der Waals surface area contributed by atoms with Crippen molar-refractivity contribution in [3.8, 4) is 5.88 Å². The number of thiazole rings is 1. The van der Waals surface area contributed by atoms with Gasteiger partial charge in [0.05, 0.1) is 23.8 Å². The molecule has 0 aliphatic carbocycles. The van der Waals surface area contributed by atoms with Gasteiger partial charge in [0.15, 0.2) is 0 Å². The van der Waals surface area contributed by atoms with E-state index in [1.165, 1.54) is 11.3 Å². The molecule has 2 fully saturated rings. The van der Waals surface area contributed by atoms with Crippen LogP contribution in [0.2, 0.25) is 0 Å². The molecule has 2 aromatic rings. The molecule has 12 heteroatoms. The summed E-state index contributed by atoms with van der Waals surface area (Å²) >= 11 is 1.51. The normalized spacial score (nSPS) is 22.9. The Hall–Kier alpha value is -2.73. The van der Waals surface area contributed by atoms with Crippen molar-refractivity contribution in [2.24, 2.45) is 0 Å². The van der Waals surface area contributed by atoms with Gasteiger partial charge >= 0.3 is 12.1 Å². The highest BCUT2D eigenvalue weighted by atomic mass is 32.1. The summed E-state index contributed by atoms with van der Waals surface area (Å²) in [4.78, 5) is 32.0. The summed E-state index contributed by atoms with van der Waals surface area (Å²) in [6.45, 7) is 3.81. The summed E-state index contributed by atoms with van der Waals surface area (Å²) in [6, 6.07) is 5.63. The number of hydrogen-bond donors (Lipinski definition) is 1. The number of hydrogen-bond acceptors (Lipinski definition) is 7. The Labute approximate surface area is 186 Å². The Morgan fingerprint density at radius 2 is 2.12 bits per heavy atom. The van der Waals surface area contributed by atoms with Gasteiger partial charge < -0.3 is 19.5 Å². The van der Waals surface area contributed by atoms with Crippen molar-refractivity contribution in [2.75, 3.05) is 19.7 Å². The number of alkyl halides is 3. The molecule has 2 atom stereocenters. The lowest BCUT2D eigenvalue weighted by atomic mass is 9.89. The monoisotopic (exact) mass is 473 g/mol. The number of carbonyl (C=O) groups excluding carboxylic acids is 1. The second kappa shape index (κ2) is 9.82. The largest absolute Gasteiger partial charge is 0.490 e. The number of ether oxygens (including phenoxy) is 2. The first-order valence-corrected chi connectivity index (χ1v) is 10.7. The zero-order valence-corrected chi connectivity index (χ0v) is 18.0. The van der Waals surface area contributed by atoms with E-state index in [1.807, 2.05) is 35.4 Å². The lowest BCUT2D eigenvalue weighted by Crippen LogP contribution is -2.50. The highest BCUT2D eigenvalue weighted by Crippen LogP contribution is 2.36. The summed E-state index contributed by atoms with van der Waals surface area (Å²) in [5.74, 6) is -2.14. The Morgan fingerprint density at radius 1 is 1.38 bits per heavy atom. The predicted molar refractivity (Wildman–Crippen MR) is 108 cm³/mol. The Morgan fingerprint density at radius 3 is 2.72 bits per heavy atom. The van der Waals surface area contributed by atoms with Crippen LogP contribution in [0, 0.1) is 6.92 Å². The number of aromatic nitrogens is 2. The van der Waals surface area contributed by atoms with Gasteiger partial charge in [-0.1, -0.05) is 6.07 Å². The molecule has 0 saturated carbocycles. The Balaban J connectivity index is 0.000000360. The maximum atomic E-state index is 12.7. The third-order valence-electron chi connectivity index (χ3n) is 5.01. The minimum Gasteiger partial charge on any atom is -0.475 e. The van der Waals surface area contributed by atoms with Crippen molar-refractivity contribution in [1.82, 2.24) is 14.9 Å². The van der Waals surface area contributed by atoms with Gasteiger partial charge in [-0.2, -0.15) is 13.2 Å². The van der Waals surface area contributed by atoms with E-state index in [9.17, 15) is 18.0 Å². The summed E-state index contributed by atoms with van der Waals surface area (Å²) in [5.41, 5.74) is 0.233. The maximum Gasteiger partial charge on any atom is 0.490 e. The van der Waals surface area contributed by atoms with Gasteiger partial charge in [-0.15, -0.1) is 11.3 Å². The molecule has 4 rings (SSSR count). The van der Waals surface area contributed by atoms with E-state index < -0.39 is 12.1 Å². The highest BCUT2D eigenvalue weighted by Gasteiger charge is 2.45. The van der Waals surface area contributed by atoms with E-state index in [-0.39, 0.29) is 17.6 Å². The van der Waals surface area contributed by atoms with Gasteiger partial charge in [-0.05, 0) is 25.8 Å². The van der Waals surface area contributed by atoms with E-state index in [2.05, 4.69) is 9.97 Å². The molecule has 0 radical (unpaired) electrons. The van der Waals surface area contributed by atoms with Crippen molar-refractivity contribution >= 4 is 23.2 Å². The molecular formula is C20H22F3N3O5S. The number of aliphatic carboxylic acids is 1. The van der Waals surface area contributed by atoms with Crippen LogP contribution in [0.3, 0.4) is 0 Å². The SMILES string of the molecule is Cc1nc(C(=O)N2CCC[C@]3(C[C@@H](Oc4ccccn4)CO3)C2)cs1.O=C(O)C(F)(F)F. The Kier molecular flexibility index (Phi) is 7.34. The van der Waals surface area contributed by atoms with E-state index in [0.717, 1.165) is 30.8 Å². The van der Waals surface area contributed by atoms with Gasteiger partial charge in [-0.25, -0.2) is 14.8 Å². The average Bonchev–Trinajstić information content (AvgIpc) is 3.34. The fourth-order valence-electron chi connectivity index (χ4n) is 3.65. The van der Waals surface area contributed by atoms with Crippen LogP contribution in [-0.2, 0) is 9.53 Å². The van der Waals surface area contributed by atoms with Crippen molar-refractivity contribution in [3.63, 3.8) is 0 Å². The van der Waals surface area contributed by atoms with Crippen LogP contribution in [0.25, 0.3) is 0 Å². The lowest BCUT2D eigenvalue weighted by Gasteiger charge is -2.39. The van der Waals surface area contributed by atoms with Gasteiger partial charge in [0.1, 0.15) is 11.8 Å². The fraction of sp³-hybridized carbons (Fsp3) is 0.500. The van der Waals surface area contributed by atoms with Gasteiger partial charge in [0, 0.05) is 30.6 Å². The van der Waals surface area contributed by atoms with Gasteiger partial charge in [-0.3, -0.25) is 4.79 Å². The van der Waals surface area contributed by atoms with Crippen molar-refractivity contribution < 1.29 is 37.3 Å². The quantitative estimate of drug-likeness (QED) is 0.730. The zero-order chi connectivity index (χ0) is 23.4. The first-order valence-electron chi connectivity index (χ1n) is 9.81. The standard InChI is InChI=1S/C18H21N3O3S.C2HF3O2/c1-13-20-15(11-25-13)17(22)21-8-4-6-18(12-21)9-14(10-23-18)24-16-5-2-3-7-19-16;3-2(4,5)1(6)7/h2-3,5,7,11,14H,4,6,8-10,12H2,1H3;(H,6,7)/t14-,18+;/m1./s1. The minimum absolute atomic E-state index is 0.00104. The molecule has 1 amide bonds. The summed E-state index contributed by atoms with van der Waals surface area (Å²) in [5, 5.41) is 9.87. The van der Waals surface area contributed by atoms with Gasteiger partial charge in [0.2, 0.25) is 5.88 Å². The smallest absolute Gasteiger partial charge is 0.475 e. The zero-order valence-electron chi connectivity index (χ0n) is 17.2. The lowest BCUT2D eigenvalue weighted by molar-refractivity contribution is -0.192. The van der Waals surface area contributed by atoms with Crippen LogP contribution in [0.15, 0.2) is 29.8 Å². The maximum absolute atomic E-state index is 12.7. The second-order valence-electron chi connectivity index (χ2n) is 7.49. The molecule has 0 aromatic carbocycles. The van der Waals surface area contributed by atoms with E-state index >= 15 is 0 Å². The number of rotatable bonds is 3. The highest BCUT2D eigenvalue weighted by molar-refractivity contribution is 7.09. The topological polar surface area (TPSA) is 102 Å². The molecule has 32 heavy (non-hydrogen) atoms. The first kappa shape index (κ1) is 23.9. The molecule has 1 spiro atoms. The van der Waals surface area contributed by atoms with Crippen LogP contribution < -0.4 is 4.74 Å². The van der Waals surface area contributed by atoms with Crippen LogP contribution in [-0.4, -0.2) is 69.4 Å². The summed E-state index contributed by atoms with van der Waals surface area (Å²) < 4.78 is 43.8. The molecular weight excluding hydrogens is 451 g/mol. The number of pyridine rings is 1. The molecule has 0 unspecified atom stereocenters. The molecule has 174 valence electrons. The fourth-order valence-corrected chi connectivity index (χ4v) is 4.23. The molecule has 4 heterocycles. The predicted octanol–water partition coefficient (Wildman–Crippen LogP) is 3.32. The molecule has 8 nitrogen and oxygen atoms in total. The number of aryl methyl sites for hydroxylation is 1.